The van der Waals surface area contributed by atoms with Crippen molar-refractivity contribution in [3.05, 3.63) is 30.1 Å². The lowest BCUT2D eigenvalue weighted by Crippen LogP contribution is -2.42. The van der Waals surface area contributed by atoms with E-state index in [1.165, 1.54) is 26.0 Å². The molecule has 0 aromatic heterocycles. The lowest BCUT2D eigenvalue weighted by Gasteiger charge is -2.27. The number of halogens is 2. The van der Waals surface area contributed by atoms with Crippen molar-refractivity contribution in [2.75, 3.05) is 10.1 Å². The van der Waals surface area contributed by atoms with E-state index in [4.69, 9.17) is 11.6 Å². The van der Waals surface area contributed by atoms with Gasteiger partial charge in [-0.25, -0.2) is 12.8 Å². The molecule has 4 nitrogen and oxygen atoms in total. The molecule has 100 valence electrons. The zero-order chi connectivity index (χ0) is 13.9. The molecule has 0 bridgehead atoms. The average Bonchev–Trinajstić information content (AvgIpc) is 2.31. The van der Waals surface area contributed by atoms with Crippen molar-refractivity contribution in [1.82, 2.24) is 0 Å². The summed E-state index contributed by atoms with van der Waals surface area (Å²) in [6.45, 7) is 2.84. The number of anilines is 1. The van der Waals surface area contributed by atoms with Gasteiger partial charge in [0.2, 0.25) is 15.3 Å². The first-order valence-corrected chi connectivity index (χ1v) is 7.25. The molecule has 1 aromatic carbocycles. The summed E-state index contributed by atoms with van der Waals surface area (Å²) in [6.07, 6.45) is 0. The van der Waals surface area contributed by atoms with E-state index in [2.05, 4.69) is 0 Å². The van der Waals surface area contributed by atoms with Crippen LogP contribution in [-0.4, -0.2) is 25.5 Å². The van der Waals surface area contributed by atoms with Crippen LogP contribution in [-0.2, 0) is 14.8 Å². The van der Waals surface area contributed by atoms with Crippen LogP contribution in [0.25, 0.3) is 0 Å². The van der Waals surface area contributed by atoms with Crippen LogP contribution in [0, 0.1) is 5.82 Å². The van der Waals surface area contributed by atoms with Gasteiger partial charge < -0.3 is 0 Å². The van der Waals surface area contributed by atoms with E-state index in [-0.39, 0.29) is 11.4 Å². The normalized spacial score (nSPS) is 13.1. The summed E-state index contributed by atoms with van der Waals surface area (Å²) in [4.78, 5) is 11.2. The Morgan fingerprint density at radius 1 is 1.39 bits per heavy atom. The largest absolute Gasteiger partial charge is 0.279 e. The van der Waals surface area contributed by atoms with Crippen molar-refractivity contribution in [3.8, 4) is 0 Å². The van der Waals surface area contributed by atoms with Crippen LogP contribution in [0.4, 0.5) is 10.1 Å². The number of benzene rings is 1. The molecule has 0 amide bonds. The fraction of sp³-hybridized carbons (Fsp3) is 0.364. The van der Waals surface area contributed by atoms with Crippen molar-refractivity contribution >= 4 is 32.6 Å². The third-order valence-electron chi connectivity index (χ3n) is 2.43. The van der Waals surface area contributed by atoms with Crippen molar-refractivity contribution in [1.29, 1.82) is 0 Å². The highest BCUT2D eigenvalue weighted by atomic mass is 35.5. The molecule has 0 N–H and O–H groups in total. The molecule has 0 aliphatic heterocycles. The van der Waals surface area contributed by atoms with E-state index in [0.29, 0.717) is 0 Å². The number of carbonyl (C=O) groups is 1. The van der Waals surface area contributed by atoms with Crippen LogP contribution in [0.3, 0.4) is 0 Å². The van der Waals surface area contributed by atoms with Gasteiger partial charge >= 0.3 is 0 Å². The molecule has 0 saturated heterocycles. The summed E-state index contributed by atoms with van der Waals surface area (Å²) >= 11 is 5.35. The Kier molecular flexibility index (Phi) is 4.70. The smallest absolute Gasteiger partial charge is 0.245 e. The summed E-state index contributed by atoms with van der Waals surface area (Å²) in [6, 6.07) is 3.79. The predicted molar refractivity (Wildman–Crippen MR) is 68.7 cm³/mol. The molecule has 7 heteroatoms. The molecule has 0 radical (unpaired) electrons. The minimum atomic E-state index is -3.66. The third kappa shape index (κ3) is 3.20. The summed E-state index contributed by atoms with van der Waals surface area (Å²) in [7, 11) is -3.66. The Bertz CT molecular complexity index is 530. The highest BCUT2D eigenvalue weighted by Gasteiger charge is 2.29. The monoisotopic (exact) mass is 293 g/mol. The first-order valence-electron chi connectivity index (χ1n) is 5.26. The Balaban J connectivity index is 3.29. The molecule has 0 aliphatic rings. The van der Waals surface area contributed by atoms with Crippen LogP contribution in [0.2, 0.25) is 0 Å². The van der Waals surface area contributed by atoms with Gasteiger partial charge in [0.15, 0.2) is 0 Å². The van der Waals surface area contributed by atoms with Gasteiger partial charge in [-0.3, -0.25) is 9.10 Å². The number of nitrogens with zero attached hydrogens (tertiary/aromatic N) is 1. The third-order valence-corrected chi connectivity index (χ3v) is 4.60. The minimum absolute atomic E-state index is 0.182. The highest BCUT2D eigenvalue weighted by Crippen LogP contribution is 2.22. The number of carbonyl (C=O) groups excluding carboxylic acids is 1. The molecule has 18 heavy (non-hydrogen) atoms. The second kappa shape index (κ2) is 5.67. The van der Waals surface area contributed by atoms with Crippen molar-refractivity contribution in [3.63, 3.8) is 0 Å². The van der Waals surface area contributed by atoms with Crippen LogP contribution < -0.4 is 4.31 Å². The molecule has 0 fully saturated rings. The zero-order valence-electron chi connectivity index (χ0n) is 9.93. The predicted octanol–water partition coefficient (Wildman–Crippen LogP) is 2.14. The molecule has 0 aliphatic carbocycles. The lowest BCUT2D eigenvalue weighted by atomic mass is 10.3. The highest BCUT2D eigenvalue weighted by molar-refractivity contribution is 7.92. The number of sulfonamides is 1. The molecule has 0 spiro atoms. The number of hydrogen-bond donors (Lipinski definition) is 0. The molecule has 0 heterocycles. The Hall–Kier alpha value is -1.14. The van der Waals surface area contributed by atoms with E-state index in [1.54, 1.807) is 0 Å². The number of hydrogen-bond acceptors (Lipinski definition) is 3. The molecular weight excluding hydrogens is 281 g/mol. The summed E-state index contributed by atoms with van der Waals surface area (Å²) in [5.41, 5.74) is 0.208. The first-order chi connectivity index (χ1) is 8.29. The fourth-order valence-electron chi connectivity index (χ4n) is 1.44. The first kappa shape index (κ1) is 14.9. The van der Waals surface area contributed by atoms with Gasteiger partial charge in [-0.1, -0.05) is 0 Å². The molecule has 1 unspecified atom stereocenters. The van der Waals surface area contributed by atoms with Crippen molar-refractivity contribution < 1.29 is 17.6 Å². The maximum absolute atomic E-state index is 12.8. The Labute approximate surface area is 110 Å². The van der Waals surface area contributed by atoms with Crippen molar-refractivity contribution in [2.24, 2.45) is 0 Å². The molecule has 1 rings (SSSR count). The Morgan fingerprint density at radius 3 is 2.28 bits per heavy atom. The van der Waals surface area contributed by atoms with Crippen LogP contribution in [0.5, 0.6) is 0 Å². The van der Waals surface area contributed by atoms with Gasteiger partial charge in [0.1, 0.15) is 11.9 Å². The summed E-state index contributed by atoms with van der Waals surface area (Å²) in [5.74, 6) is -0.670. The van der Waals surface area contributed by atoms with Gasteiger partial charge in [0.25, 0.3) is 0 Å². The fourth-order valence-corrected chi connectivity index (χ4v) is 2.90. The maximum atomic E-state index is 12.8. The van der Waals surface area contributed by atoms with Crippen LogP contribution in [0.1, 0.15) is 13.8 Å². The van der Waals surface area contributed by atoms with E-state index >= 15 is 0 Å². The molecule has 0 saturated carbocycles. The van der Waals surface area contributed by atoms with Gasteiger partial charge in [0, 0.05) is 0 Å². The number of rotatable bonds is 5. The molecule has 1 aromatic rings. The van der Waals surface area contributed by atoms with Crippen molar-refractivity contribution in [2.45, 2.75) is 19.9 Å². The summed E-state index contributed by atoms with van der Waals surface area (Å²) in [5, 5.41) is -0.795. The SMILES string of the molecule is CCS(=O)(=O)N(c1ccc(F)cc1)C(C)C(=O)Cl. The average molecular weight is 294 g/mol. The maximum Gasteiger partial charge on any atom is 0.245 e. The van der Waals surface area contributed by atoms with Gasteiger partial charge in [-0.05, 0) is 49.7 Å². The Morgan fingerprint density at radius 2 is 1.89 bits per heavy atom. The summed E-state index contributed by atoms with van der Waals surface area (Å²) < 4.78 is 37.6. The lowest BCUT2D eigenvalue weighted by molar-refractivity contribution is -0.112. The van der Waals surface area contributed by atoms with Gasteiger partial charge in [-0.15, -0.1) is 0 Å². The second-order valence-corrected chi connectivity index (χ2v) is 6.16. The second-order valence-electron chi connectivity index (χ2n) is 3.65. The molecule has 1 atom stereocenters. The standard InChI is InChI=1S/C11H13ClFNO3S/c1-3-18(16,17)14(8(2)11(12)15)10-6-4-9(13)5-7-10/h4-8H,3H2,1-2H3. The van der Waals surface area contributed by atoms with E-state index in [0.717, 1.165) is 16.4 Å². The minimum Gasteiger partial charge on any atom is -0.279 e. The van der Waals surface area contributed by atoms with Gasteiger partial charge in [0.05, 0.1) is 11.4 Å². The van der Waals surface area contributed by atoms with Crippen LogP contribution in [0.15, 0.2) is 24.3 Å². The molecular formula is C11H13ClFNO3S. The van der Waals surface area contributed by atoms with Crippen LogP contribution >= 0.6 is 11.6 Å². The van der Waals surface area contributed by atoms with E-state index in [1.807, 2.05) is 0 Å². The zero-order valence-corrected chi connectivity index (χ0v) is 11.5. The quantitative estimate of drug-likeness (QED) is 0.782. The van der Waals surface area contributed by atoms with E-state index in [9.17, 15) is 17.6 Å². The van der Waals surface area contributed by atoms with Gasteiger partial charge in [-0.2, -0.15) is 0 Å². The topological polar surface area (TPSA) is 54.5 Å². The van der Waals surface area contributed by atoms with E-state index < -0.39 is 27.1 Å².